The standard InChI is InChI=1S/C21H22N2O4S3/c1-28-16-9-10-18-19(12-16)29-21(22-18)23(13-15-6-5-11-27-15)20(24)14-30(25,26)17-7-3-2-4-8-17/h2-4,7-10,12,15H,5-6,11,13-14H2,1H3. The molecule has 9 heteroatoms. The molecule has 2 heterocycles. The smallest absolute Gasteiger partial charge is 0.244 e. The van der Waals surface area contributed by atoms with Gasteiger partial charge in [0.15, 0.2) is 15.0 Å². The van der Waals surface area contributed by atoms with E-state index >= 15 is 0 Å². The molecule has 0 saturated carbocycles. The summed E-state index contributed by atoms with van der Waals surface area (Å²) in [4.78, 5) is 20.5. The van der Waals surface area contributed by atoms with Crippen molar-refractivity contribution in [3.05, 3.63) is 48.5 Å². The molecule has 1 aliphatic heterocycles. The highest BCUT2D eigenvalue weighted by Gasteiger charge is 2.30. The molecule has 3 aromatic rings. The molecule has 2 aromatic carbocycles. The van der Waals surface area contributed by atoms with Gasteiger partial charge >= 0.3 is 0 Å². The van der Waals surface area contributed by atoms with Crippen molar-refractivity contribution in [3.63, 3.8) is 0 Å². The number of amides is 1. The second-order valence-electron chi connectivity index (χ2n) is 7.04. The third-order valence-corrected chi connectivity index (χ3v) is 8.33. The zero-order valence-corrected chi connectivity index (χ0v) is 18.9. The van der Waals surface area contributed by atoms with Crippen LogP contribution in [-0.4, -0.2) is 50.6 Å². The third-order valence-electron chi connectivity index (χ3n) is 4.94. The number of hydrogen-bond acceptors (Lipinski definition) is 7. The molecule has 0 N–H and O–H groups in total. The maximum absolute atomic E-state index is 13.2. The summed E-state index contributed by atoms with van der Waals surface area (Å²) in [7, 11) is -3.75. The number of sulfone groups is 1. The minimum atomic E-state index is -3.75. The molecule has 0 radical (unpaired) electrons. The molecule has 1 amide bonds. The fourth-order valence-corrected chi connectivity index (χ4v) is 6.13. The Hall–Kier alpha value is -1.94. The lowest BCUT2D eigenvalue weighted by molar-refractivity contribution is -0.116. The first-order valence-corrected chi connectivity index (χ1v) is 13.3. The van der Waals surface area contributed by atoms with Crippen molar-refractivity contribution in [1.29, 1.82) is 0 Å². The van der Waals surface area contributed by atoms with Crippen LogP contribution in [0.2, 0.25) is 0 Å². The van der Waals surface area contributed by atoms with Crippen molar-refractivity contribution in [2.45, 2.75) is 28.7 Å². The fraction of sp³-hybridized carbons (Fsp3) is 0.333. The van der Waals surface area contributed by atoms with E-state index in [9.17, 15) is 13.2 Å². The quantitative estimate of drug-likeness (QED) is 0.494. The number of anilines is 1. The van der Waals surface area contributed by atoms with Gasteiger partial charge in [-0.05, 0) is 49.4 Å². The number of nitrogens with zero attached hydrogens (tertiary/aromatic N) is 2. The summed E-state index contributed by atoms with van der Waals surface area (Å²) >= 11 is 3.04. The summed E-state index contributed by atoms with van der Waals surface area (Å²) in [6.45, 7) is 0.963. The third kappa shape index (κ3) is 4.69. The lowest BCUT2D eigenvalue weighted by Crippen LogP contribution is -2.40. The number of hydrogen-bond donors (Lipinski definition) is 0. The number of carbonyl (C=O) groups excluding carboxylic acids is 1. The molecule has 1 unspecified atom stereocenters. The van der Waals surface area contributed by atoms with Crippen LogP contribution in [0, 0.1) is 0 Å². The lowest BCUT2D eigenvalue weighted by Gasteiger charge is -2.23. The van der Waals surface area contributed by atoms with Gasteiger partial charge in [0.1, 0.15) is 5.75 Å². The predicted octanol–water partition coefficient (Wildman–Crippen LogP) is 4.00. The average Bonchev–Trinajstić information content (AvgIpc) is 3.41. The Bertz CT molecular complexity index is 1140. The number of thioether (sulfide) groups is 1. The van der Waals surface area contributed by atoms with Crippen molar-refractivity contribution in [1.82, 2.24) is 4.98 Å². The fourth-order valence-electron chi connectivity index (χ4n) is 3.37. The van der Waals surface area contributed by atoms with Gasteiger partial charge in [-0.3, -0.25) is 9.69 Å². The molecule has 1 aliphatic rings. The van der Waals surface area contributed by atoms with Crippen molar-refractivity contribution >= 4 is 54.2 Å². The van der Waals surface area contributed by atoms with Crippen LogP contribution < -0.4 is 4.90 Å². The van der Waals surface area contributed by atoms with Crippen LogP contribution in [0.15, 0.2) is 58.3 Å². The maximum atomic E-state index is 13.2. The number of ether oxygens (including phenoxy) is 1. The minimum Gasteiger partial charge on any atom is -0.376 e. The van der Waals surface area contributed by atoms with Crippen LogP contribution in [0.4, 0.5) is 5.13 Å². The Morgan fingerprint density at radius 1 is 1.27 bits per heavy atom. The van der Waals surface area contributed by atoms with Crippen LogP contribution >= 0.6 is 23.1 Å². The Labute approximate surface area is 184 Å². The molecule has 30 heavy (non-hydrogen) atoms. The number of benzene rings is 2. The van der Waals surface area contributed by atoms with E-state index in [0.29, 0.717) is 18.3 Å². The van der Waals surface area contributed by atoms with Gasteiger partial charge in [-0.25, -0.2) is 13.4 Å². The molecular formula is C21H22N2O4S3. The van der Waals surface area contributed by atoms with Crippen molar-refractivity contribution in [2.75, 3.05) is 30.1 Å². The Morgan fingerprint density at radius 3 is 2.77 bits per heavy atom. The van der Waals surface area contributed by atoms with Crippen molar-refractivity contribution < 1.29 is 17.9 Å². The molecule has 4 rings (SSSR count). The van der Waals surface area contributed by atoms with E-state index in [4.69, 9.17) is 4.74 Å². The predicted molar refractivity (Wildman–Crippen MR) is 121 cm³/mol. The molecular weight excluding hydrogens is 440 g/mol. The normalized spacial score (nSPS) is 16.8. The summed E-state index contributed by atoms with van der Waals surface area (Å²) < 4.78 is 32.2. The van der Waals surface area contributed by atoms with Gasteiger partial charge in [-0.15, -0.1) is 11.8 Å². The average molecular weight is 463 g/mol. The van der Waals surface area contributed by atoms with Gasteiger partial charge in [0, 0.05) is 11.5 Å². The highest BCUT2D eigenvalue weighted by atomic mass is 32.2. The van der Waals surface area contributed by atoms with E-state index in [1.54, 1.807) is 30.0 Å². The monoisotopic (exact) mass is 462 g/mol. The van der Waals surface area contributed by atoms with Crippen LogP contribution in [0.5, 0.6) is 0 Å². The first kappa shape index (κ1) is 21.3. The lowest BCUT2D eigenvalue weighted by atomic mass is 10.2. The summed E-state index contributed by atoms with van der Waals surface area (Å²) in [6.07, 6.45) is 3.68. The second-order valence-corrected chi connectivity index (χ2v) is 10.9. The van der Waals surface area contributed by atoms with Gasteiger partial charge < -0.3 is 4.74 Å². The topological polar surface area (TPSA) is 76.6 Å². The molecule has 1 atom stereocenters. The molecule has 6 nitrogen and oxygen atoms in total. The SMILES string of the molecule is CSc1ccc2nc(N(CC3CCCO3)C(=O)CS(=O)(=O)c3ccccc3)sc2c1. The first-order chi connectivity index (χ1) is 14.5. The molecule has 158 valence electrons. The van der Waals surface area contributed by atoms with Crippen LogP contribution in [0.25, 0.3) is 10.2 Å². The number of rotatable bonds is 7. The van der Waals surface area contributed by atoms with Gasteiger partial charge in [0.2, 0.25) is 5.91 Å². The van der Waals surface area contributed by atoms with E-state index in [1.165, 1.54) is 28.4 Å². The second kappa shape index (κ2) is 9.05. The number of thiazole rings is 1. The van der Waals surface area contributed by atoms with Gasteiger partial charge in [-0.2, -0.15) is 0 Å². The number of aromatic nitrogens is 1. The molecule has 0 aliphatic carbocycles. The summed E-state index contributed by atoms with van der Waals surface area (Å²) in [6, 6.07) is 14.0. The highest BCUT2D eigenvalue weighted by molar-refractivity contribution is 7.98. The van der Waals surface area contributed by atoms with Crippen molar-refractivity contribution in [3.8, 4) is 0 Å². The van der Waals surface area contributed by atoms with E-state index in [-0.39, 0.29) is 11.0 Å². The van der Waals surface area contributed by atoms with Crippen LogP contribution in [0.3, 0.4) is 0 Å². The van der Waals surface area contributed by atoms with E-state index in [2.05, 4.69) is 4.98 Å². The summed E-state index contributed by atoms with van der Waals surface area (Å²) in [5.74, 6) is -1.09. The molecule has 0 bridgehead atoms. The largest absolute Gasteiger partial charge is 0.376 e. The molecule has 1 aromatic heterocycles. The zero-order valence-electron chi connectivity index (χ0n) is 16.5. The van der Waals surface area contributed by atoms with Crippen LogP contribution in [0.1, 0.15) is 12.8 Å². The molecule has 0 spiro atoms. The summed E-state index contributed by atoms with van der Waals surface area (Å²) in [5, 5.41) is 0.506. The summed E-state index contributed by atoms with van der Waals surface area (Å²) in [5.41, 5.74) is 0.795. The van der Waals surface area contributed by atoms with E-state index in [0.717, 1.165) is 28.0 Å². The maximum Gasteiger partial charge on any atom is 0.244 e. The van der Waals surface area contributed by atoms with Crippen molar-refractivity contribution in [2.24, 2.45) is 0 Å². The van der Waals surface area contributed by atoms with E-state index in [1.807, 2.05) is 24.5 Å². The van der Waals surface area contributed by atoms with Gasteiger partial charge in [-0.1, -0.05) is 29.5 Å². The zero-order chi connectivity index (χ0) is 21.1. The molecule has 1 fully saturated rings. The number of fused-ring (bicyclic) bond motifs is 1. The molecule has 1 saturated heterocycles. The minimum absolute atomic E-state index is 0.109. The van der Waals surface area contributed by atoms with Gasteiger partial charge in [0.25, 0.3) is 0 Å². The number of carbonyl (C=O) groups is 1. The highest BCUT2D eigenvalue weighted by Crippen LogP contribution is 2.32. The van der Waals surface area contributed by atoms with Gasteiger partial charge in [0.05, 0.1) is 27.8 Å². The Kier molecular flexibility index (Phi) is 6.43. The van der Waals surface area contributed by atoms with E-state index < -0.39 is 21.5 Å². The Morgan fingerprint density at radius 2 is 2.07 bits per heavy atom. The van der Waals surface area contributed by atoms with Crippen LogP contribution in [-0.2, 0) is 19.4 Å². The Balaban J connectivity index is 1.64. The first-order valence-electron chi connectivity index (χ1n) is 9.60.